The van der Waals surface area contributed by atoms with Crippen molar-refractivity contribution in [3.05, 3.63) is 18.2 Å². The fraction of sp³-hybridized carbons (Fsp3) is 0.824. The first-order valence-electron chi connectivity index (χ1n) is 7.94. The molecule has 1 aliphatic carbocycles. The van der Waals surface area contributed by atoms with Crippen molar-refractivity contribution in [1.29, 1.82) is 0 Å². The summed E-state index contributed by atoms with van der Waals surface area (Å²) in [7, 11) is 0. The highest BCUT2D eigenvalue weighted by Gasteiger charge is 2.45. The average Bonchev–Trinajstić information content (AvgIpc) is 2.59. The summed E-state index contributed by atoms with van der Waals surface area (Å²) in [6.07, 6.45) is 9.45. The highest BCUT2D eigenvalue weighted by atomic mass is 15.1. The van der Waals surface area contributed by atoms with Crippen LogP contribution in [0, 0.1) is 10.8 Å². The van der Waals surface area contributed by atoms with E-state index in [1.807, 2.05) is 6.20 Å². The number of aryl methyl sites for hydroxylation is 1. The van der Waals surface area contributed by atoms with Crippen molar-refractivity contribution in [1.82, 2.24) is 9.55 Å². The van der Waals surface area contributed by atoms with Gasteiger partial charge in [0.2, 0.25) is 0 Å². The summed E-state index contributed by atoms with van der Waals surface area (Å²) in [6, 6.07) is 0. The molecule has 1 fully saturated rings. The maximum atomic E-state index is 6.81. The van der Waals surface area contributed by atoms with Crippen LogP contribution in [-0.4, -0.2) is 15.1 Å². The van der Waals surface area contributed by atoms with Crippen LogP contribution in [0.5, 0.6) is 0 Å². The van der Waals surface area contributed by atoms with Gasteiger partial charge in [-0.1, -0.05) is 34.6 Å². The van der Waals surface area contributed by atoms with E-state index in [9.17, 15) is 0 Å². The standard InChI is InChI=1S/C17H31N3/c1-6-8-20-9-7-19-14(20)10-17(18)12-15(2,3)11-16(4,5)13-17/h7,9H,6,8,10-13,18H2,1-5H3. The van der Waals surface area contributed by atoms with Crippen molar-refractivity contribution < 1.29 is 0 Å². The van der Waals surface area contributed by atoms with E-state index in [0.29, 0.717) is 10.8 Å². The molecular formula is C17H31N3. The molecule has 1 heterocycles. The van der Waals surface area contributed by atoms with Gasteiger partial charge in [-0.25, -0.2) is 4.98 Å². The minimum Gasteiger partial charge on any atom is -0.335 e. The number of nitrogens with two attached hydrogens (primary N) is 1. The number of nitrogens with zero attached hydrogens (tertiary/aromatic N) is 2. The van der Waals surface area contributed by atoms with E-state index in [1.165, 1.54) is 6.42 Å². The molecule has 0 unspecified atom stereocenters. The number of hydrogen-bond donors (Lipinski definition) is 1. The normalized spacial score (nSPS) is 23.7. The van der Waals surface area contributed by atoms with Gasteiger partial charge in [0.15, 0.2) is 0 Å². The number of hydrogen-bond acceptors (Lipinski definition) is 2. The lowest BCUT2D eigenvalue weighted by atomic mass is 9.58. The van der Waals surface area contributed by atoms with Gasteiger partial charge >= 0.3 is 0 Å². The van der Waals surface area contributed by atoms with Crippen LogP contribution < -0.4 is 5.73 Å². The van der Waals surface area contributed by atoms with Crippen molar-refractivity contribution in [2.24, 2.45) is 16.6 Å². The summed E-state index contributed by atoms with van der Waals surface area (Å²) in [6.45, 7) is 12.7. The van der Waals surface area contributed by atoms with Crippen LogP contribution in [0.2, 0.25) is 0 Å². The summed E-state index contributed by atoms with van der Waals surface area (Å²) in [5.41, 5.74) is 7.33. The van der Waals surface area contributed by atoms with Gasteiger partial charge in [-0.2, -0.15) is 0 Å². The fourth-order valence-corrected chi connectivity index (χ4v) is 4.78. The maximum absolute atomic E-state index is 6.81. The van der Waals surface area contributed by atoms with E-state index < -0.39 is 0 Å². The van der Waals surface area contributed by atoms with Crippen LogP contribution in [0.1, 0.15) is 66.1 Å². The molecule has 114 valence electrons. The van der Waals surface area contributed by atoms with Gasteiger partial charge in [-0.15, -0.1) is 0 Å². The first kappa shape index (κ1) is 15.6. The first-order chi connectivity index (χ1) is 9.15. The minimum absolute atomic E-state index is 0.123. The van der Waals surface area contributed by atoms with Gasteiger partial charge in [0.25, 0.3) is 0 Å². The molecule has 0 saturated heterocycles. The van der Waals surface area contributed by atoms with Crippen molar-refractivity contribution in [2.75, 3.05) is 0 Å². The number of imidazole rings is 1. The minimum atomic E-state index is -0.123. The molecule has 2 N–H and O–H groups in total. The average molecular weight is 277 g/mol. The van der Waals surface area contributed by atoms with E-state index >= 15 is 0 Å². The van der Waals surface area contributed by atoms with Gasteiger partial charge < -0.3 is 10.3 Å². The Bertz CT molecular complexity index is 441. The quantitative estimate of drug-likeness (QED) is 0.910. The lowest BCUT2D eigenvalue weighted by Gasteiger charge is -2.50. The van der Waals surface area contributed by atoms with Gasteiger partial charge in [0, 0.05) is 30.9 Å². The lowest BCUT2D eigenvalue weighted by molar-refractivity contribution is 0.0474. The summed E-state index contributed by atoms with van der Waals surface area (Å²) in [5, 5.41) is 0. The summed E-state index contributed by atoms with van der Waals surface area (Å²) < 4.78 is 2.27. The van der Waals surface area contributed by atoms with Gasteiger partial charge in [0.05, 0.1) is 0 Å². The van der Waals surface area contributed by atoms with Crippen molar-refractivity contribution >= 4 is 0 Å². The summed E-state index contributed by atoms with van der Waals surface area (Å²) in [4.78, 5) is 4.55. The third kappa shape index (κ3) is 3.63. The molecule has 1 aliphatic rings. The Hall–Kier alpha value is -0.830. The summed E-state index contributed by atoms with van der Waals surface area (Å²) in [5.74, 6) is 1.16. The summed E-state index contributed by atoms with van der Waals surface area (Å²) >= 11 is 0. The zero-order valence-electron chi connectivity index (χ0n) is 13.9. The lowest BCUT2D eigenvalue weighted by Crippen LogP contribution is -2.53. The Balaban J connectivity index is 2.19. The fourth-order valence-electron chi connectivity index (χ4n) is 4.78. The molecule has 20 heavy (non-hydrogen) atoms. The predicted molar refractivity (Wildman–Crippen MR) is 84.6 cm³/mol. The molecule has 2 rings (SSSR count). The molecule has 0 aliphatic heterocycles. The topological polar surface area (TPSA) is 43.8 Å². The first-order valence-corrected chi connectivity index (χ1v) is 7.94. The number of aromatic nitrogens is 2. The molecule has 1 aromatic rings. The number of rotatable bonds is 4. The van der Waals surface area contributed by atoms with Crippen LogP contribution in [0.4, 0.5) is 0 Å². The Morgan fingerprint density at radius 3 is 2.30 bits per heavy atom. The third-order valence-electron chi connectivity index (χ3n) is 4.39. The van der Waals surface area contributed by atoms with Crippen LogP contribution in [0.15, 0.2) is 12.4 Å². The van der Waals surface area contributed by atoms with Crippen LogP contribution in [0.3, 0.4) is 0 Å². The Morgan fingerprint density at radius 2 is 1.75 bits per heavy atom. The molecular weight excluding hydrogens is 246 g/mol. The smallest absolute Gasteiger partial charge is 0.110 e. The van der Waals surface area contributed by atoms with Crippen LogP contribution >= 0.6 is 0 Å². The second kappa shape index (κ2) is 5.18. The molecule has 0 atom stereocenters. The Labute approximate surface area is 124 Å². The molecule has 0 aromatic carbocycles. The van der Waals surface area contributed by atoms with Crippen LogP contribution in [0.25, 0.3) is 0 Å². The van der Waals surface area contributed by atoms with E-state index in [4.69, 9.17) is 5.73 Å². The van der Waals surface area contributed by atoms with Crippen molar-refractivity contribution in [2.45, 2.75) is 78.8 Å². The Kier molecular flexibility index (Phi) is 4.03. The molecule has 0 bridgehead atoms. The third-order valence-corrected chi connectivity index (χ3v) is 4.39. The van der Waals surface area contributed by atoms with Crippen molar-refractivity contribution in [3.8, 4) is 0 Å². The van der Waals surface area contributed by atoms with E-state index in [1.54, 1.807) is 0 Å². The zero-order valence-corrected chi connectivity index (χ0v) is 13.9. The van der Waals surface area contributed by atoms with Gasteiger partial charge in [-0.05, 0) is 36.5 Å². The van der Waals surface area contributed by atoms with Gasteiger partial charge in [0.1, 0.15) is 5.82 Å². The predicted octanol–water partition coefficient (Wildman–Crippen LogP) is 3.77. The second-order valence-electron chi connectivity index (χ2n) is 8.43. The maximum Gasteiger partial charge on any atom is 0.110 e. The van der Waals surface area contributed by atoms with Crippen LogP contribution in [-0.2, 0) is 13.0 Å². The van der Waals surface area contributed by atoms with Gasteiger partial charge in [-0.3, -0.25) is 0 Å². The van der Waals surface area contributed by atoms with Crippen molar-refractivity contribution in [3.63, 3.8) is 0 Å². The molecule has 0 spiro atoms. The monoisotopic (exact) mass is 277 g/mol. The van der Waals surface area contributed by atoms with E-state index in [0.717, 1.165) is 38.1 Å². The molecule has 0 amide bonds. The largest absolute Gasteiger partial charge is 0.335 e. The molecule has 3 nitrogen and oxygen atoms in total. The molecule has 1 aromatic heterocycles. The molecule has 0 radical (unpaired) electrons. The highest BCUT2D eigenvalue weighted by Crippen LogP contribution is 2.49. The SMILES string of the molecule is CCCn1ccnc1CC1(N)CC(C)(C)CC(C)(C)C1. The zero-order chi connectivity index (χ0) is 15.0. The molecule has 3 heteroatoms. The Morgan fingerprint density at radius 1 is 1.15 bits per heavy atom. The molecule has 1 saturated carbocycles. The second-order valence-corrected chi connectivity index (χ2v) is 8.43. The van der Waals surface area contributed by atoms with E-state index in [2.05, 4.69) is 50.4 Å². The van der Waals surface area contributed by atoms with E-state index in [-0.39, 0.29) is 5.54 Å². The highest BCUT2D eigenvalue weighted by molar-refractivity contribution is 5.07.